The second-order valence-electron chi connectivity index (χ2n) is 7.09. The Kier molecular flexibility index (Phi) is 5.97. The maximum Gasteiger partial charge on any atom is 0.243 e. The highest BCUT2D eigenvalue weighted by molar-refractivity contribution is 7.89. The van der Waals surface area contributed by atoms with Gasteiger partial charge in [0.1, 0.15) is 0 Å². The first-order valence-electron chi connectivity index (χ1n) is 9.33. The van der Waals surface area contributed by atoms with Crippen LogP contribution >= 0.6 is 0 Å². The second kappa shape index (κ2) is 8.23. The third-order valence-electron chi connectivity index (χ3n) is 5.05. The predicted octanol–water partition coefficient (Wildman–Crippen LogP) is 3.66. The van der Waals surface area contributed by atoms with E-state index in [0.717, 1.165) is 36.0 Å². The summed E-state index contributed by atoms with van der Waals surface area (Å²) in [6, 6.07) is 12.7. The van der Waals surface area contributed by atoms with Crippen molar-refractivity contribution in [1.82, 2.24) is 4.31 Å². The molecule has 0 atom stereocenters. The Hall–Kier alpha value is -2.18. The molecule has 0 aliphatic carbocycles. The van der Waals surface area contributed by atoms with E-state index in [-0.39, 0.29) is 17.2 Å². The molecular formula is C21H26N2O3S. The average Bonchev–Trinajstić information content (AvgIpc) is 2.66. The van der Waals surface area contributed by atoms with Gasteiger partial charge in [0.05, 0.1) is 11.3 Å². The van der Waals surface area contributed by atoms with E-state index in [1.807, 2.05) is 38.1 Å². The number of carbonyl (C=O) groups is 1. The van der Waals surface area contributed by atoms with E-state index in [9.17, 15) is 13.2 Å². The molecule has 2 aromatic carbocycles. The van der Waals surface area contributed by atoms with Crippen molar-refractivity contribution in [3.8, 4) is 0 Å². The first-order valence-corrected chi connectivity index (χ1v) is 10.8. The summed E-state index contributed by atoms with van der Waals surface area (Å²) in [4.78, 5) is 12.7. The number of carbonyl (C=O) groups excluding carboxylic acids is 1. The van der Waals surface area contributed by atoms with Crippen LogP contribution in [-0.2, 0) is 21.2 Å². The van der Waals surface area contributed by atoms with E-state index in [1.165, 1.54) is 0 Å². The summed E-state index contributed by atoms with van der Waals surface area (Å²) < 4.78 is 27.3. The van der Waals surface area contributed by atoms with Gasteiger partial charge in [-0.05, 0) is 55.5 Å². The summed E-state index contributed by atoms with van der Waals surface area (Å²) in [5.74, 6) is -0.153. The number of aryl methyl sites for hydroxylation is 2. The van der Waals surface area contributed by atoms with Gasteiger partial charge in [0.2, 0.25) is 15.9 Å². The van der Waals surface area contributed by atoms with Crippen molar-refractivity contribution in [2.24, 2.45) is 0 Å². The molecule has 2 aromatic rings. The summed E-state index contributed by atoms with van der Waals surface area (Å²) >= 11 is 0. The van der Waals surface area contributed by atoms with E-state index in [2.05, 4.69) is 5.32 Å². The number of piperidine rings is 1. The minimum atomic E-state index is -3.52. The van der Waals surface area contributed by atoms with Crippen LogP contribution in [0.2, 0.25) is 0 Å². The third kappa shape index (κ3) is 4.57. The lowest BCUT2D eigenvalue weighted by Crippen LogP contribution is -2.35. The first kappa shape index (κ1) is 19.6. The zero-order chi connectivity index (χ0) is 19.4. The van der Waals surface area contributed by atoms with Crippen LogP contribution in [0.15, 0.2) is 47.4 Å². The summed E-state index contributed by atoms with van der Waals surface area (Å²) in [5, 5.41) is 2.88. The fraction of sp³-hybridized carbons (Fsp3) is 0.381. The van der Waals surface area contributed by atoms with Gasteiger partial charge < -0.3 is 5.32 Å². The molecule has 6 heteroatoms. The number of amides is 1. The zero-order valence-corrected chi connectivity index (χ0v) is 16.7. The average molecular weight is 387 g/mol. The van der Waals surface area contributed by atoms with Crippen LogP contribution in [0.5, 0.6) is 0 Å². The van der Waals surface area contributed by atoms with Gasteiger partial charge in [-0.15, -0.1) is 0 Å². The predicted molar refractivity (Wildman–Crippen MR) is 107 cm³/mol. The molecule has 1 N–H and O–H groups in total. The van der Waals surface area contributed by atoms with Gasteiger partial charge in [-0.3, -0.25) is 4.79 Å². The molecule has 0 bridgehead atoms. The van der Waals surface area contributed by atoms with Gasteiger partial charge in [-0.25, -0.2) is 8.42 Å². The van der Waals surface area contributed by atoms with Crippen molar-refractivity contribution in [2.45, 2.75) is 44.4 Å². The summed E-state index contributed by atoms with van der Waals surface area (Å²) in [6.45, 7) is 4.96. The maximum absolute atomic E-state index is 12.9. The molecule has 1 aliphatic heterocycles. The number of sulfonamides is 1. The summed E-state index contributed by atoms with van der Waals surface area (Å²) in [7, 11) is -3.52. The summed E-state index contributed by atoms with van der Waals surface area (Å²) in [5.41, 5.74) is 3.41. The van der Waals surface area contributed by atoms with E-state index in [1.54, 1.807) is 22.5 Å². The number of nitrogens with zero attached hydrogens (tertiary/aromatic N) is 1. The van der Waals surface area contributed by atoms with Gasteiger partial charge in [-0.2, -0.15) is 4.31 Å². The SMILES string of the molecule is Cc1ccccc1CC(=O)Nc1cc(S(=O)(=O)N2CCCCC2)ccc1C. The molecular weight excluding hydrogens is 360 g/mol. The van der Waals surface area contributed by atoms with Crippen LogP contribution in [0.4, 0.5) is 5.69 Å². The fourth-order valence-electron chi connectivity index (χ4n) is 3.33. The third-order valence-corrected chi connectivity index (χ3v) is 6.94. The maximum atomic E-state index is 12.9. The van der Waals surface area contributed by atoms with Crippen LogP contribution in [0.3, 0.4) is 0 Å². The molecule has 5 nitrogen and oxygen atoms in total. The van der Waals surface area contributed by atoms with E-state index < -0.39 is 10.0 Å². The van der Waals surface area contributed by atoms with E-state index >= 15 is 0 Å². The van der Waals surface area contributed by atoms with E-state index in [4.69, 9.17) is 0 Å². The highest BCUT2D eigenvalue weighted by Crippen LogP contribution is 2.25. The highest BCUT2D eigenvalue weighted by Gasteiger charge is 2.26. The number of nitrogens with one attached hydrogen (secondary N) is 1. The van der Waals surface area contributed by atoms with Crippen molar-refractivity contribution >= 4 is 21.6 Å². The van der Waals surface area contributed by atoms with Gasteiger partial charge in [0.25, 0.3) is 0 Å². The molecule has 0 saturated carbocycles. The zero-order valence-electron chi connectivity index (χ0n) is 15.9. The lowest BCUT2D eigenvalue weighted by Gasteiger charge is -2.26. The summed E-state index contributed by atoms with van der Waals surface area (Å²) in [6.07, 6.45) is 3.12. The molecule has 3 rings (SSSR count). The Labute approximate surface area is 161 Å². The molecule has 144 valence electrons. The second-order valence-corrected chi connectivity index (χ2v) is 9.03. The van der Waals surface area contributed by atoms with Crippen molar-refractivity contribution in [2.75, 3.05) is 18.4 Å². The van der Waals surface area contributed by atoms with E-state index in [0.29, 0.717) is 18.8 Å². The lowest BCUT2D eigenvalue weighted by molar-refractivity contribution is -0.115. The molecule has 1 heterocycles. The van der Waals surface area contributed by atoms with Gasteiger partial charge in [0, 0.05) is 18.8 Å². The highest BCUT2D eigenvalue weighted by atomic mass is 32.2. The Morgan fingerprint density at radius 2 is 1.70 bits per heavy atom. The number of anilines is 1. The standard InChI is InChI=1S/C21H26N2O3S/c1-16-8-4-5-9-18(16)14-21(24)22-20-15-19(11-10-17(20)2)27(25,26)23-12-6-3-7-13-23/h4-5,8-11,15H,3,6-7,12-14H2,1-2H3,(H,22,24). The van der Waals surface area contributed by atoms with Gasteiger partial charge in [-0.1, -0.05) is 36.8 Å². The van der Waals surface area contributed by atoms with Gasteiger partial charge in [0.15, 0.2) is 0 Å². The van der Waals surface area contributed by atoms with Crippen LogP contribution < -0.4 is 5.32 Å². The van der Waals surface area contributed by atoms with Crippen LogP contribution in [0.25, 0.3) is 0 Å². The largest absolute Gasteiger partial charge is 0.326 e. The first-order chi connectivity index (χ1) is 12.9. The molecule has 0 radical (unpaired) electrons. The number of hydrogen-bond donors (Lipinski definition) is 1. The van der Waals surface area contributed by atoms with Crippen molar-refractivity contribution in [1.29, 1.82) is 0 Å². The number of rotatable bonds is 5. The molecule has 0 unspecified atom stereocenters. The number of hydrogen-bond acceptors (Lipinski definition) is 3. The monoisotopic (exact) mass is 386 g/mol. The Morgan fingerprint density at radius 3 is 2.41 bits per heavy atom. The normalized spacial score (nSPS) is 15.5. The Bertz CT molecular complexity index is 932. The van der Waals surface area contributed by atoms with Crippen molar-refractivity contribution < 1.29 is 13.2 Å². The van der Waals surface area contributed by atoms with Crippen LogP contribution in [-0.4, -0.2) is 31.7 Å². The molecule has 1 fully saturated rings. The van der Waals surface area contributed by atoms with Crippen LogP contribution in [0.1, 0.15) is 36.0 Å². The topological polar surface area (TPSA) is 66.5 Å². The molecule has 0 spiro atoms. The van der Waals surface area contributed by atoms with Gasteiger partial charge >= 0.3 is 0 Å². The molecule has 1 amide bonds. The minimum absolute atomic E-state index is 0.153. The van der Waals surface area contributed by atoms with Crippen molar-refractivity contribution in [3.63, 3.8) is 0 Å². The molecule has 0 aromatic heterocycles. The quantitative estimate of drug-likeness (QED) is 0.853. The van der Waals surface area contributed by atoms with Crippen LogP contribution in [0, 0.1) is 13.8 Å². The van der Waals surface area contributed by atoms with Crippen molar-refractivity contribution in [3.05, 3.63) is 59.2 Å². The number of benzene rings is 2. The lowest BCUT2D eigenvalue weighted by atomic mass is 10.1. The Balaban J connectivity index is 1.79. The fourth-order valence-corrected chi connectivity index (χ4v) is 4.87. The molecule has 27 heavy (non-hydrogen) atoms. The molecule has 1 saturated heterocycles. The minimum Gasteiger partial charge on any atom is -0.326 e. The molecule has 1 aliphatic rings. The smallest absolute Gasteiger partial charge is 0.243 e. The Morgan fingerprint density at radius 1 is 1.00 bits per heavy atom.